The Balaban J connectivity index is 2.41. The van der Waals surface area contributed by atoms with E-state index in [1.165, 1.54) is 5.12 Å². The molecule has 0 atom stereocenters. The van der Waals surface area contributed by atoms with Crippen molar-refractivity contribution < 1.29 is 4.84 Å². The van der Waals surface area contributed by atoms with E-state index in [2.05, 4.69) is 17.4 Å². The van der Waals surface area contributed by atoms with Crippen LogP contribution in [0, 0.1) is 11.8 Å². The summed E-state index contributed by atoms with van der Waals surface area (Å²) < 4.78 is 0. The summed E-state index contributed by atoms with van der Waals surface area (Å²) in [4.78, 5) is 5.02. The SMILES string of the molecule is C/C(C#Cc1ccccc1)=C\CONN(C)N. The van der Waals surface area contributed by atoms with Crippen molar-refractivity contribution >= 4 is 0 Å². The van der Waals surface area contributed by atoms with E-state index in [4.69, 9.17) is 10.7 Å². The molecule has 1 aromatic carbocycles. The van der Waals surface area contributed by atoms with E-state index in [-0.39, 0.29) is 0 Å². The number of nitrogens with one attached hydrogen (secondary N) is 1. The van der Waals surface area contributed by atoms with E-state index in [9.17, 15) is 0 Å². The first-order chi connectivity index (χ1) is 8.18. The van der Waals surface area contributed by atoms with Gasteiger partial charge in [-0.05, 0) is 30.7 Å². The van der Waals surface area contributed by atoms with Gasteiger partial charge in [0.1, 0.15) is 0 Å². The maximum atomic E-state index is 5.29. The van der Waals surface area contributed by atoms with Gasteiger partial charge in [0, 0.05) is 12.6 Å². The van der Waals surface area contributed by atoms with E-state index in [1.807, 2.05) is 43.3 Å². The van der Waals surface area contributed by atoms with Crippen LogP contribution in [0.2, 0.25) is 0 Å². The zero-order valence-corrected chi connectivity index (χ0v) is 10.1. The molecule has 1 rings (SSSR count). The second-order valence-corrected chi connectivity index (χ2v) is 3.52. The van der Waals surface area contributed by atoms with Crippen LogP contribution >= 0.6 is 0 Å². The van der Waals surface area contributed by atoms with Crippen LogP contribution in [-0.2, 0) is 4.84 Å². The van der Waals surface area contributed by atoms with Gasteiger partial charge in [-0.3, -0.25) is 10.7 Å². The van der Waals surface area contributed by atoms with Gasteiger partial charge in [-0.25, -0.2) is 0 Å². The third-order valence-corrected chi connectivity index (χ3v) is 1.86. The Labute approximate surface area is 102 Å². The first kappa shape index (κ1) is 13.4. The van der Waals surface area contributed by atoms with Crippen LogP contribution in [0.1, 0.15) is 12.5 Å². The summed E-state index contributed by atoms with van der Waals surface area (Å²) in [5, 5.41) is 1.23. The molecule has 0 spiro atoms. The number of allylic oxidation sites excluding steroid dienone is 1. The minimum atomic E-state index is 0.414. The van der Waals surface area contributed by atoms with Crippen molar-refractivity contribution in [2.45, 2.75) is 6.92 Å². The summed E-state index contributed by atoms with van der Waals surface area (Å²) in [6, 6.07) is 9.85. The van der Waals surface area contributed by atoms with Crippen molar-refractivity contribution in [1.82, 2.24) is 10.7 Å². The highest BCUT2D eigenvalue weighted by atomic mass is 16.7. The number of benzene rings is 1. The van der Waals surface area contributed by atoms with Gasteiger partial charge in [0.25, 0.3) is 0 Å². The topological polar surface area (TPSA) is 50.5 Å². The number of rotatable bonds is 4. The zero-order valence-electron chi connectivity index (χ0n) is 10.1. The molecule has 0 amide bonds. The normalized spacial score (nSPS) is 11.2. The zero-order chi connectivity index (χ0) is 12.5. The van der Waals surface area contributed by atoms with Gasteiger partial charge in [0.05, 0.1) is 6.61 Å². The fraction of sp³-hybridized carbons (Fsp3) is 0.231. The van der Waals surface area contributed by atoms with Gasteiger partial charge in [0.2, 0.25) is 0 Å². The molecule has 0 bridgehead atoms. The lowest BCUT2D eigenvalue weighted by Gasteiger charge is -2.09. The second kappa shape index (κ2) is 7.60. The first-order valence-corrected chi connectivity index (χ1v) is 5.28. The Hall–Kier alpha value is -1.64. The van der Waals surface area contributed by atoms with Crippen molar-refractivity contribution in [3.63, 3.8) is 0 Å². The third-order valence-electron chi connectivity index (χ3n) is 1.86. The Bertz CT molecular complexity index is 415. The molecule has 0 aromatic heterocycles. The molecule has 1 aromatic rings. The molecular formula is C13H17N3O. The molecule has 0 aliphatic heterocycles. The maximum Gasteiger partial charge on any atom is 0.0892 e. The molecular weight excluding hydrogens is 214 g/mol. The number of hydrogen-bond acceptors (Lipinski definition) is 4. The summed E-state index contributed by atoms with van der Waals surface area (Å²) in [6.45, 7) is 2.35. The third kappa shape index (κ3) is 6.51. The van der Waals surface area contributed by atoms with Crippen molar-refractivity contribution in [3.8, 4) is 11.8 Å². The van der Waals surface area contributed by atoms with Gasteiger partial charge in [0.15, 0.2) is 0 Å². The molecule has 0 heterocycles. The van der Waals surface area contributed by atoms with Crippen molar-refractivity contribution in [2.75, 3.05) is 13.7 Å². The highest BCUT2D eigenvalue weighted by Gasteiger charge is 1.87. The van der Waals surface area contributed by atoms with Gasteiger partial charge in [-0.1, -0.05) is 30.0 Å². The van der Waals surface area contributed by atoms with Crippen LogP contribution in [0.3, 0.4) is 0 Å². The minimum absolute atomic E-state index is 0.414. The Kier molecular flexibility index (Phi) is 6.00. The monoisotopic (exact) mass is 231 g/mol. The lowest BCUT2D eigenvalue weighted by atomic mass is 10.2. The quantitative estimate of drug-likeness (QED) is 0.354. The Morgan fingerprint density at radius 1 is 1.47 bits per heavy atom. The molecule has 0 unspecified atom stereocenters. The molecule has 0 saturated carbocycles. The highest BCUT2D eigenvalue weighted by molar-refractivity contribution is 5.39. The van der Waals surface area contributed by atoms with Crippen LogP contribution in [0.25, 0.3) is 0 Å². The maximum absolute atomic E-state index is 5.29. The molecule has 0 fully saturated rings. The van der Waals surface area contributed by atoms with Gasteiger partial charge in [-0.2, -0.15) is 5.12 Å². The first-order valence-electron chi connectivity index (χ1n) is 5.28. The molecule has 0 aliphatic rings. The van der Waals surface area contributed by atoms with E-state index in [0.717, 1.165) is 11.1 Å². The van der Waals surface area contributed by atoms with Crippen LogP contribution in [0.5, 0.6) is 0 Å². The average molecular weight is 231 g/mol. The van der Waals surface area contributed by atoms with Crippen LogP contribution < -0.4 is 11.4 Å². The number of nitrogens with zero attached hydrogens (tertiary/aromatic N) is 1. The number of hydrogen-bond donors (Lipinski definition) is 2. The van der Waals surface area contributed by atoms with Crippen molar-refractivity contribution in [2.24, 2.45) is 5.84 Å². The highest BCUT2D eigenvalue weighted by Crippen LogP contribution is 1.96. The summed E-state index contributed by atoms with van der Waals surface area (Å²) in [6.07, 6.45) is 1.88. The molecule has 90 valence electrons. The van der Waals surface area contributed by atoms with Gasteiger partial charge < -0.3 is 0 Å². The van der Waals surface area contributed by atoms with E-state index < -0.39 is 0 Å². The van der Waals surface area contributed by atoms with Gasteiger partial charge >= 0.3 is 0 Å². The van der Waals surface area contributed by atoms with Crippen molar-refractivity contribution in [1.29, 1.82) is 0 Å². The molecule has 4 heteroatoms. The fourth-order valence-corrected chi connectivity index (χ4v) is 1.05. The van der Waals surface area contributed by atoms with Crippen molar-refractivity contribution in [3.05, 3.63) is 47.5 Å². The number of nitrogens with two attached hydrogens (primary N) is 1. The predicted molar refractivity (Wildman–Crippen MR) is 68.1 cm³/mol. The molecule has 0 saturated heterocycles. The smallest absolute Gasteiger partial charge is 0.0892 e. The standard InChI is InChI=1S/C13H17N3O/c1-12(10-11-17-15-16(2)14)8-9-13-6-4-3-5-7-13/h3-7,10,15H,11,14H2,1-2H3/b12-10+. The average Bonchev–Trinajstić information content (AvgIpc) is 2.33. The van der Waals surface area contributed by atoms with Gasteiger partial charge in [-0.15, -0.1) is 5.59 Å². The van der Waals surface area contributed by atoms with E-state index >= 15 is 0 Å². The molecule has 0 radical (unpaired) electrons. The summed E-state index contributed by atoms with van der Waals surface area (Å²) in [5.41, 5.74) is 4.45. The predicted octanol–water partition coefficient (Wildman–Crippen LogP) is 1.23. The van der Waals surface area contributed by atoms with Crippen LogP contribution in [-0.4, -0.2) is 18.8 Å². The summed E-state index contributed by atoms with van der Waals surface area (Å²) in [5.74, 6) is 11.4. The Morgan fingerprint density at radius 3 is 2.82 bits per heavy atom. The molecule has 17 heavy (non-hydrogen) atoms. The second-order valence-electron chi connectivity index (χ2n) is 3.52. The molecule has 0 aliphatic carbocycles. The minimum Gasteiger partial charge on any atom is -0.281 e. The van der Waals surface area contributed by atoms with Crippen LogP contribution in [0.4, 0.5) is 0 Å². The fourth-order valence-electron chi connectivity index (χ4n) is 1.05. The summed E-state index contributed by atoms with van der Waals surface area (Å²) in [7, 11) is 1.64. The summed E-state index contributed by atoms with van der Waals surface area (Å²) >= 11 is 0. The van der Waals surface area contributed by atoms with E-state index in [0.29, 0.717) is 6.61 Å². The lowest BCUT2D eigenvalue weighted by molar-refractivity contribution is -0.0598. The largest absolute Gasteiger partial charge is 0.281 e. The lowest BCUT2D eigenvalue weighted by Crippen LogP contribution is -2.40. The van der Waals surface area contributed by atoms with Crippen LogP contribution in [0.15, 0.2) is 42.0 Å². The number of hydrazine groups is 2. The van der Waals surface area contributed by atoms with E-state index in [1.54, 1.807) is 7.05 Å². The molecule has 4 nitrogen and oxygen atoms in total. The molecule has 3 N–H and O–H groups in total. The Morgan fingerprint density at radius 2 is 2.18 bits per heavy atom.